The standard InChI is InChI=1S/C17H13ClN2O4S.C2H6/c1-8-13(9(2)24-20-8)16(21)19-12-7-25-15(14(12)17(22)23)10-3-5-11(18)6-4-10;1-2/h3-7H,1-2H3,(H,19,21)(H,22,23);1-2H3. The molecule has 0 unspecified atom stereocenters. The zero-order valence-corrected chi connectivity index (χ0v) is 16.9. The molecule has 2 aromatic heterocycles. The summed E-state index contributed by atoms with van der Waals surface area (Å²) in [5.41, 5.74) is 1.72. The number of halogens is 1. The van der Waals surface area contributed by atoms with Crippen molar-refractivity contribution in [2.24, 2.45) is 0 Å². The SMILES string of the molecule is CC.Cc1noc(C)c1C(=O)Nc1csc(-c2ccc(Cl)cc2)c1C(=O)O. The fourth-order valence-electron chi connectivity index (χ4n) is 2.47. The van der Waals surface area contributed by atoms with Gasteiger partial charge in [-0.3, -0.25) is 4.79 Å². The summed E-state index contributed by atoms with van der Waals surface area (Å²) in [5, 5.41) is 18.1. The van der Waals surface area contributed by atoms with Gasteiger partial charge >= 0.3 is 5.97 Å². The Bertz CT molecular complexity index is 941. The summed E-state index contributed by atoms with van der Waals surface area (Å²) < 4.78 is 4.98. The maximum Gasteiger partial charge on any atom is 0.339 e. The number of hydrogen-bond acceptors (Lipinski definition) is 5. The predicted molar refractivity (Wildman–Crippen MR) is 107 cm³/mol. The normalized spacial score (nSPS) is 10.1. The molecule has 0 saturated heterocycles. The van der Waals surface area contributed by atoms with Crippen LogP contribution in [0.15, 0.2) is 34.2 Å². The number of hydrogen-bond donors (Lipinski definition) is 2. The highest BCUT2D eigenvalue weighted by Gasteiger charge is 2.24. The smallest absolute Gasteiger partial charge is 0.339 e. The Morgan fingerprint density at radius 3 is 2.30 bits per heavy atom. The Kier molecular flexibility index (Phi) is 6.76. The lowest BCUT2D eigenvalue weighted by Gasteiger charge is -2.06. The van der Waals surface area contributed by atoms with Crippen molar-refractivity contribution in [3.05, 3.63) is 57.2 Å². The van der Waals surface area contributed by atoms with Gasteiger partial charge in [0.25, 0.3) is 5.91 Å². The lowest BCUT2D eigenvalue weighted by atomic mass is 10.1. The van der Waals surface area contributed by atoms with Gasteiger partial charge in [-0.05, 0) is 31.5 Å². The van der Waals surface area contributed by atoms with Crippen molar-refractivity contribution >= 4 is 40.5 Å². The fourth-order valence-corrected chi connectivity index (χ4v) is 3.59. The van der Waals surface area contributed by atoms with E-state index in [1.165, 1.54) is 11.3 Å². The van der Waals surface area contributed by atoms with Crippen LogP contribution in [0, 0.1) is 13.8 Å². The van der Waals surface area contributed by atoms with Gasteiger partial charge in [-0.2, -0.15) is 0 Å². The number of anilines is 1. The van der Waals surface area contributed by atoms with Crippen LogP contribution in [0.3, 0.4) is 0 Å². The molecule has 3 aromatic rings. The van der Waals surface area contributed by atoms with E-state index in [9.17, 15) is 14.7 Å². The molecule has 3 rings (SSSR count). The minimum absolute atomic E-state index is 0.0347. The first-order valence-corrected chi connectivity index (χ1v) is 9.49. The number of thiophene rings is 1. The molecule has 0 aliphatic heterocycles. The number of nitrogens with one attached hydrogen (secondary N) is 1. The maximum absolute atomic E-state index is 12.5. The monoisotopic (exact) mass is 406 g/mol. The number of carbonyl (C=O) groups excluding carboxylic acids is 1. The van der Waals surface area contributed by atoms with Crippen molar-refractivity contribution < 1.29 is 19.2 Å². The van der Waals surface area contributed by atoms with Crippen LogP contribution in [0.25, 0.3) is 10.4 Å². The number of carbonyl (C=O) groups is 2. The van der Waals surface area contributed by atoms with Crippen LogP contribution in [0.2, 0.25) is 5.02 Å². The number of aromatic carboxylic acids is 1. The number of amides is 1. The summed E-state index contributed by atoms with van der Waals surface area (Å²) in [5.74, 6) is -1.21. The van der Waals surface area contributed by atoms with Gasteiger partial charge in [0.2, 0.25) is 0 Å². The van der Waals surface area contributed by atoms with Gasteiger partial charge in [-0.25, -0.2) is 4.79 Å². The van der Waals surface area contributed by atoms with E-state index in [-0.39, 0.29) is 11.3 Å². The number of carboxylic acids is 1. The molecular weight excluding hydrogens is 388 g/mol. The van der Waals surface area contributed by atoms with Gasteiger partial charge in [-0.15, -0.1) is 11.3 Å². The minimum Gasteiger partial charge on any atom is -0.478 e. The van der Waals surface area contributed by atoms with E-state index in [4.69, 9.17) is 16.1 Å². The van der Waals surface area contributed by atoms with E-state index in [2.05, 4.69) is 10.5 Å². The highest BCUT2D eigenvalue weighted by molar-refractivity contribution is 7.14. The molecule has 27 heavy (non-hydrogen) atoms. The molecule has 1 amide bonds. The highest BCUT2D eigenvalue weighted by atomic mass is 35.5. The summed E-state index contributed by atoms with van der Waals surface area (Å²) >= 11 is 7.11. The number of nitrogens with zero attached hydrogens (tertiary/aromatic N) is 1. The molecule has 2 N–H and O–H groups in total. The van der Waals surface area contributed by atoms with E-state index in [0.717, 1.165) is 0 Å². The molecule has 0 fully saturated rings. The second-order valence-electron chi connectivity index (χ2n) is 5.32. The molecular formula is C19H19ClN2O4S. The molecule has 8 heteroatoms. The van der Waals surface area contributed by atoms with Crippen LogP contribution in [-0.4, -0.2) is 22.1 Å². The van der Waals surface area contributed by atoms with Gasteiger partial charge in [-0.1, -0.05) is 42.7 Å². The van der Waals surface area contributed by atoms with E-state index in [0.29, 0.717) is 32.5 Å². The van der Waals surface area contributed by atoms with Crippen LogP contribution in [0.1, 0.15) is 46.0 Å². The van der Waals surface area contributed by atoms with E-state index in [1.807, 2.05) is 13.8 Å². The molecule has 0 spiro atoms. The molecule has 0 aliphatic carbocycles. The van der Waals surface area contributed by atoms with Gasteiger partial charge < -0.3 is 14.9 Å². The number of benzene rings is 1. The van der Waals surface area contributed by atoms with Crippen LogP contribution in [0.4, 0.5) is 5.69 Å². The number of carboxylic acid groups (broad SMARTS) is 1. The van der Waals surface area contributed by atoms with Crippen LogP contribution in [0.5, 0.6) is 0 Å². The summed E-state index contributed by atoms with van der Waals surface area (Å²) in [6.45, 7) is 7.27. The molecule has 0 aliphatic rings. The molecule has 0 radical (unpaired) electrons. The maximum atomic E-state index is 12.5. The topological polar surface area (TPSA) is 92.4 Å². The van der Waals surface area contributed by atoms with Crippen molar-refractivity contribution in [2.75, 3.05) is 5.32 Å². The molecule has 1 aromatic carbocycles. The largest absolute Gasteiger partial charge is 0.478 e. The van der Waals surface area contributed by atoms with Crippen molar-refractivity contribution in [1.29, 1.82) is 0 Å². The minimum atomic E-state index is -1.12. The third-order valence-corrected chi connectivity index (χ3v) is 4.90. The lowest BCUT2D eigenvalue weighted by molar-refractivity contribution is 0.0699. The second-order valence-corrected chi connectivity index (χ2v) is 6.63. The first-order valence-electron chi connectivity index (χ1n) is 8.23. The van der Waals surface area contributed by atoms with Gasteiger partial charge in [0, 0.05) is 10.4 Å². The Morgan fingerprint density at radius 1 is 1.15 bits per heavy atom. The van der Waals surface area contributed by atoms with Gasteiger partial charge in [0.1, 0.15) is 16.9 Å². The summed E-state index contributed by atoms with van der Waals surface area (Å²) in [6, 6.07) is 6.84. The zero-order valence-electron chi connectivity index (χ0n) is 15.3. The van der Waals surface area contributed by atoms with E-state index >= 15 is 0 Å². The number of rotatable bonds is 4. The van der Waals surface area contributed by atoms with Crippen molar-refractivity contribution in [2.45, 2.75) is 27.7 Å². The molecule has 0 saturated carbocycles. The Hall–Kier alpha value is -2.64. The van der Waals surface area contributed by atoms with Gasteiger partial charge in [0.15, 0.2) is 0 Å². The summed E-state index contributed by atoms with van der Waals surface area (Å²) in [7, 11) is 0. The lowest BCUT2D eigenvalue weighted by Crippen LogP contribution is -2.15. The summed E-state index contributed by atoms with van der Waals surface area (Å²) in [4.78, 5) is 24.7. The van der Waals surface area contributed by atoms with Crippen molar-refractivity contribution in [1.82, 2.24) is 5.16 Å². The quantitative estimate of drug-likeness (QED) is 0.584. The van der Waals surface area contributed by atoms with Crippen molar-refractivity contribution in [3.63, 3.8) is 0 Å². The fraction of sp³-hybridized carbons (Fsp3) is 0.211. The molecule has 0 atom stereocenters. The zero-order chi connectivity index (χ0) is 20.1. The average molecular weight is 407 g/mol. The highest BCUT2D eigenvalue weighted by Crippen LogP contribution is 2.36. The van der Waals surface area contributed by atoms with E-state index in [1.54, 1.807) is 43.5 Å². The Labute approximate surface area is 165 Å². The van der Waals surface area contributed by atoms with Crippen LogP contribution >= 0.6 is 22.9 Å². The second kappa shape index (κ2) is 8.83. The van der Waals surface area contributed by atoms with Crippen molar-refractivity contribution in [3.8, 4) is 10.4 Å². The average Bonchev–Trinajstić information content (AvgIpc) is 3.20. The van der Waals surface area contributed by atoms with E-state index < -0.39 is 11.9 Å². The van der Waals surface area contributed by atoms with Gasteiger partial charge in [0.05, 0.1) is 16.3 Å². The molecule has 0 bridgehead atoms. The first-order chi connectivity index (χ1) is 12.9. The first kappa shape index (κ1) is 20.7. The molecule has 6 nitrogen and oxygen atoms in total. The molecule has 142 valence electrons. The van der Waals surface area contributed by atoms with Crippen LogP contribution in [-0.2, 0) is 0 Å². The molecule has 2 heterocycles. The number of aryl methyl sites for hydroxylation is 2. The number of aromatic nitrogens is 1. The third-order valence-electron chi connectivity index (χ3n) is 3.62. The third kappa shape index (κ3) is 4.37. The van der Waals surface area contributed by atoms with Crippen LogP contribution < -0.4 is 5.32 Å². The Balaban J connectivity index is 0.00000126. The predicted octanol–water partition coefficient (Wildman–Crippen LogP) is 5.65. The Morgan fingerprint density at radius 2 is 1.78 bits per heavy atom. The summed E-state index contributed by atoms with van der Waals surface area (Å²) in [6.07, 6.45) is 0.